The van der Waals surface area contributed by atoms with Crippen molar-refractivity contribution in [1.29, 1.82) is 0 Å². The number of aliphatic hydroxyl groups excluding tert-OH is 1. The Balaban J connectivity index is 2.48. The minimum absolute atomic E-state index is 0.480. The van der Waals surface area contributed by atoms with Gasteiger partial charge in [0.05, 0.1) is 11.8 Å². The maximum atomic E-state index is 9.52. The highest BCUT2D eigenvalue weighted by molar-refractivity contribution is 5.32. The first-order valence-electron chi connectivity index (χ1n) is 5.24. The Labute approximate surface area is 94.6 Å². The lowest BCUT2D eigenvalue weighted by molar-refractivity contribution is 0.199. The summed E-state index contributed by atoms with van der Waals surface area (Å²) in [4.78, 5) is 8.51. The number of aliphatic hydroxyl groups is 1. The van der Waals surface area contributed by atoms with Gasteiger partial charge in [0.2, 0.25) is 0 Å². The summed E-state index contributed by atoms with van der Waals surface area (Å²) < 4.78 is 1.92. The first-order chi connectivity index (χ1) is 7.59. The molecule has 0 fully saturated rings. The second kappa shape index (κ2) is 4.06. The minimum Gasteiger partial charge on any atom is -0.389 e. The van der Waals surface area contributed by atoms with Crippen LogP contribution in [-0.4, -0.2) is 19.6 Å². The van der Waals surface area contributed by atoms with Crippen molar-refractivity contribution in [3.63, 3.8) is 0 Å². The van der Waals surface area contributed by atoms with Gasteiger partial charge >= 0.3 is 0 Å². The second-order valence-electron chi connectivity index (χ2n) is 3.91. The molecule has 0 saturated carbocycles. The molecule has 0 spiro atoms. The van der Waals surface area contributed by atoms with Crippen LogP contribution in [0.5, 0.6) is 0 Å². The van der Waals surface area contributed by atoms with Crippen molar-refractivity contribution in [3.8, 4) is 5.82 Å². The number of imidazole rings is 1. The smallest absolute Gasteiger partial charge is 0.138 e. The zero-order valence-electron chi connectivity index (χ0n) is 9.68. The van der Waals surface area contributed by atoms with Gasteiger partial charge in [-0.25, -0.2) is 9.97 Å². The van der Waals surface area contributed by atoms with E-state index in [1.807, 2.05) is 30.5 Å². The molecule has 4 nitrogen and oxygen atoms in total. The third-order valence-electron chi connectivity index (χ3n) is 2.75. The third-order valence-corrected chi connectivity index (χ3v) is 2.75. The van der Waals surface area contributed by atoms with Gasteiger partial charge in [0, 0.05) is 11.9 Å². The van der Waals surface area contributed by atoms with E-state index < -0.39 is 6.10 Å². The fourth-order valence-corrected chi connectivity index (χ4v) is 1.56. The summed E-state index contributed by atoms with van der Waals surface area (Å²) in [6.07, 6.45) is 2.97. The Kier molecular flexibility index (Phi) is 2.75. The van der Waals surface area contributed by atoms with Crippen molar-refractivity contribution in [2.24, 2.45) is 0 Å². The normalized spacial score (nSPS) is 12.8. The van der Waals surface area contributed by atoms with E-state index in [2.05, 4.69) is 9.97 Å². The summed E-state index contributed by atoms with van der Waals surface area (Å²) in [5.74, 6) is 0.788. The number of hydrogen-bond donors (Lipinski definition) is 1. The van der Waals surface area contributed by atoms with E-state index in [9.17, 15) is 5.11 Å². The lowest BCUT2D eigenvalue weighted by Gasteiger charge is -2.08. The molecular weight excluding hydrogens is 202 g/mol. The highest BCUT2D eigenvalue weighted by Gasteiger charge is 2.07. The van der Waals surface area contributed by atoms with Crippen molar-refractivity contribution in [2.75, 3.05) is 0 Å². The van der Waals surface area contributed by atoms with Gasteiger partial charge in [-0.2, -0.15) is 0 Å². The van der Waals surface area contributed by atoms with Gasteiger partial charge in [-0.3, -0.25) is 4.57 Å². The summed E-state index contributed by atoms with van der Waals surface area (Å²) in [5, 5.41) is 9.52. The van der Waals surface area contributed by atoms with Crippen molar-refractivity contribution in [3.05, 3.63) is 41.6 Å². The van der Waals surface area contributed by atoms with Crippen molar-refractivity contribution in [2.45, 2.75) is 26.9 Å². The number of pyridine rings is 1. The molecule has 1 atom stereocenters. The van der Waals surface area contributed by atoms with Crippen LogP contribution in [0.1, 0.15) is 30.0 Å². The van der Waals surface area contributed by atoms with Crippen LogP contribution in [0.4, 0.5) is 0 Å². The van der Waals surface area contributed by atoms with Crippen LogP contribution in [0.2, 0.25) is 0 Å². The van der Waals surface area contributed by atoms with Gasteiger partial charge in [-0.15, -0.1) is 0 Å². The van der Waals surface area contributed by atoms with Crippen molar-refractivity contribution < 1.29 is 5.11 Å². The monoisotopic (exact) mass is 217 g/mol. The first kappa shape index (κ1) is 10.8. The van der Waals surface area contributed by atoms with E-state index in [4.69, 9.17) is 0 Å². The molecule has 0 aliphatic carbocycles. The van der Waals surface area contributed by atoms with Crippen LogP contribution in [0, 0.1) is 13.8 Å². The van der Waals surface area contributed by atoms with Gasteiger partial charge in [0.1, 0.15) is 12.1 Å². The Morgan fingerprint density at radius 3 is 2.62 bits per heavy atom. The van der Waals surface area contributed by atoms with Gasteiger partial charge in [0.25, 0.3) is 0 Å². The zero-order chi connectivity index (χ0) is 11.7. The first-order valence-corrected chi connectivity index (χ1v) is 5.24. The molecular formula is C12H15N3O. The number of aromatic nitrogens is 3. The Morgan fingerprint density at radius 1 is 1.31 bits per heavy atom. The van der Waals surface area contributed by atoms with Crippen LogP contribution < -0.4 is 0 Å². The van der Waals surface area contributed by atoms with Crippen LogP contribution in [0.25, 0.3) is 5.82 Å². The van der Waals surface area contributed by atoms with Crippen molar-refractivity contribution in [1.82, 2.24) is 14.5 Å². The highest BCUT2D eigenvalue weighted by atomic mass is 16.3. The molecule has 1 N–H and O–H groups in total. The summed E-state index contributed by atoms with van der Waals surface area (Å²) in [5.41, 5.74) is 2.91. The molecule has 2 heterocycles. The Morgan fingerprint density at radius 2 is 2.06 bits per heavy atom. The number of aryl methyl sites for hydroxylation is 1. The van der Waals surface area contributed by atoms with Gasteiger partial charge < -0.3 is 5.11 Å². The Hall–Kier alpha value is -1.68. The van der Waals surface area contributed by atoms with Gasteiger partial charge in [0.15, 0.2) is 0 Å². The fourth-order valence-electron chi connectivity index (χ4n) is 1.56. The van der Waals surface area contributed by atoms with Gasteiger partial charge in [-0.05, 0) is 38.5 Å². The van der Waals surface area contributed by atoms with Crippen molar-refractivity contribution >= 4 is 0 Å². The molecule has 0 aliphatic heterocycles. The molecule has 0 saturated heterocycles. The molecule has 84 valence electrons. The summed E-state index contributed by atoms with van der Waals surface area (Å²) >= 11 is 0. The SMILES string of the molecule is Cc1ncn(-c2cc(C(C)O)ccn2)c1C. The molecule has 0 bridgehead atoms. The summed E-state index contributed by atoms with van der Waals surface area (Å²) in [7, 11) is 0. The standard InChI is InChI=1S/C12H15N3O/c1-8-9(2)15(7-14-8)12-6-11(10(3)16)4-5-13-12/h4-7,10,16H,1-3H3. The molecule has 2 aromatic heterocycles. The van der Waals surface area contributed by atoms with E-state index >= 15 is 0 Å². The van der Waals surface area contributed by atoms with E-state index in [0.29, 0.717) is 0 Å². The largest absolute Gasteiger partial charge is 0.389 e. The van der Waals surface area contributed by atoms with E-state index in [1.54, 1.807) is 19.4 Å². The summed E-state index contributed by atoms with van der Waals surface area (Å²) in [6.45, 7) is 5.70. The number of nitrogens with zero attached hydrogens (tertiary/aromatic N) is 3. The molecule has 2 aromatic rings. The molecule has 1 unspecified atom stereocenters. The van der Waals surface area contributed by atoms with E-state index in [0.717, 1.165) is 22.8 Å². The van der Waals surface area contributed by atoms with Crippen LogP contribution in [0.15, 0.2) is 24.7 Å². The Bertz CT molecular complexity index is 503. The quantitative estimate of drug-likeness (QED) is 0.836. The predicted octanol–water partition coefficient (Wildman–Crippen LogP) is 1.94. The topological polar surface area (TPSA) is 50.9 Å². The molecule has 0 aromatic carbocycles. The summed E-state index contributed by atoms with van der Waals surface area (Å²) in [6, 6.07) is 3.69. The fraction of sp³-hybridized carbons (Fsp3) is 0.333. The minimum atomic E-state index is -0.480. The zero-order valence-corrected chi connectivity index (χ0v) is 9.68. The average Bonchev–Trinajstić information content (AvgIpc) is 2.60. The van der Waals surface area contributed by atoms with Crippen LogP contribution >= 0.6 is 0 Å². The highest BCUT2D eigenvalue weighted by Crippen LogP contribution is 2.16. The molecule has 4 heteroatoms. The third kappa shape index (κ3) is 1.84. The van der Waals surface area contributed by atoms with E-state index in [-0.39, 0.29) is 0 Å². The number of rotatable bonds is 2. The molecule has 0 aliphatic rings. The average molecular weight is 217 g/mol. The molecule has 16 heavy (non-hydrogen) atoms. The van der Waals surface area contributed by atoms with Crippen LogP contribution in [-0.2, 0) is 0 Å². The predicted molar refractivity (Wildman–Crippen MR) is 61.5 cm³/mol. The maximum absolute atomic E-state index is 9.52. The van der Waals surface area contributed by atoms with Gasteiger partial charge in [-0.1, -0.05) is 0 Å². The number of hydrogen-bond acceptors (Lipinski definition) is 3. The lowest BCUT2D eigenvalue weighted by Crippen LogP contribution is -2.01. The van der Waals surface area contributed by atoms with Crippen LogP contribution in [0.3, 0.4) is 0 Å². The second-order valence-corrected chi connectivity index (χ2v) is 3.91. The molecule has 0 amide bonds. The maximum Gasteiger partial charge on any atom is 0.138 e. The lowest BCUT2D eigenvalue weighted by atomic mass is 10.2. The molecule has 2 rings (SSSR count). The van der Waals surface area contributed by atoms with E-state index in [1.165, 1.54) is 0 Å². The molecule has 0 radical (unpaired) electrons.